The molecular formula is C26H23ClFN5O2. The number of nitrogens with one attached hydrogen (secondary N) is 2. The molecule has 0 spiro atoms. The normalized spacial score (nSPS) is 11.2. The first-order chi connectivity index (χ1) is 16.7. The second-order valence-corrected chi connectivity index (χ2v) is 8.88. The van der Waals surface area contributed by atoms with Crippen LogP contribution in [0.4, 0.5) is 10.3 Å². The molecule has 3 aromatic carbocycles. The summed E-state index contributed by atoms with van der Waals surface area (Å²) in [7, 11) is 0. The first-order valence-electron chi connectivity index (χ1n) is 10.9. The lowest BCUT2D eigenvalue weighted by Crippen LogP contribution is -2.52. The third-order valence-corrected chi connectivity index (χ3v) is 5.53. The standard InChI is InChI=1S/C26H23ClFN5O2/c1-26(2,31-23(34)18-10-14-20(28)15-11-18)24(35)30-25-29-22(16-17-8-12-19(27)13-9-17)33(32-25)21-6-4-3-5-7-21/h3-15H,16H2,1-2H3,(H,31,34)(H,30,32,35). The molecule has 0 fully saturated rings. The van der Waals surface area contributed by atoms with E-state index in [0.29, 0.717) is 17.3 Å². The van der Waals surface area contributed by atoms with Crippen molar-refractivity contribution >= 4 is 29.4 Å². The zero-order valence-electron chi connectivity index (χ0n) is 19.1. The predicted molar refractivity (Wildman–Crippen MR) is 132 cm³/mol. The van der Waals surface area contributed by atoms with E-state index in [1.165, 1.54) is 24.3 Å². The molecule has 0 aliphatic heterocycles. The third-order valence-electron chi connectivity index (χ3n) is 5.28. The van der Waals surface area contributed by atoms with Crippen LogP contribution in [-0.4, -0.2) is 32.1 Å². The lowest BCUT2D eigenvalue weighted by Gasteiger charge is -2.24. The van der Waals surface area contributed by atoms with Gasteiger partial charge in [0.25, 0.3) is 11.8 Å². The third kappa shape index (κ3) is 5.91. The Bertz CT molecular complexity index is 1340. The van der Waals surface area contributed by atoms with Gasteiger partial charge in [0.05, 0.1) is 5.69 Å². The van der Waals surface area contributed by atoms with Gasteiger partial charge in [0.1, 0.15) is 17.2 Å². The molecule has 0 radical (unpaired) electrons. The number of benzene rings is 3. The van der Waals surface area contributed by atoms with Gasteiger partial charge in [-0.05, 0) is 67.9 Å². The highest BCUT2D eigenvalue weighted by Crippen LogP contribution is 2.18. The molecule has 4 rings (SSSR count). The van der Waals surface area contributed by atoms with E-state index in [4.69, 9.17) is 11.6 Å². The number of nitrogens with zero attached hydrogens (tertiary/aromatic N) is 3. The minimum absolute atomic E-state index is 0.104. The molecule has 7 nitrogen and oxygen atoms in total. The molecule has 0 unspecified atom stereocenters. The molecule has 0 aliphatic carbocycles. The van der Waals surface area contributed by atoms with Crippen LogP contribution < -0.4 is 10.6 Å². The number of aromatic nitrogens is 3. The molecule has 0 bridgehead atoms. The van der Waals surface area contributed by atoms with Crippen molar-refractivity contribution in [2.24, 2.45) is 0 Å². The molecule has 0 atom stereocenters. The summed E-state index contributed by atoms with van der Waals surface area (Å²) in [4.78, 5) is 30.1. The van der Waals surface area contributed by atoms with Crippen LogP contribution in [0.3, 0.4) is 0 Å². The van der Waals surface area contributed by atoms with Crippen LogP contribution in [0.5, 0.6) is 0 Å². The van der Waals surface area contributed by atoms with E-state index in [1.807, 2.05) is 42.5 Å². The maximum absolute atomic E-state index is 13.2. The van der Waals surface area contributed by atoms with Crippen LogP contribution in [0.2, 0.25) is 5.02 Å². The molecule has 1 heterocycles. The summed E-state index contributed by atoms with van der Waals surface area (Å²) < 4.78 is 14.8. The van der Waals surface area contributed by atoms with Crippen molar-refractivity contribution in [2.45, 2.75) is 25.8 Å². The van der Waals surface area contributed by atoms with Crippen LogP contribution >= 0.6 is 11.6 Å². The number of hydrogen-bond acceptors (Lipinski definition) is 4. The fraction of sp³-hybridized carbons (Fsp3) is 0.154. The summed E-state index contributed by atoms with van der Waals surface area (Å²) in [6.07, 6.45) is 0.458. The highest BCUT2D eigenvalue weighted by molar-refractivity contribution is 6.30. The van der Waals surface area contributed by atoms with E-state index in [1.54, 1.807) is 30.7 Å². The number of anilines is 1. The number of carbonyl (C=O) groups is 2. The fourth-order valence-electron chi connectivity index (χ4n) is 3.34. The SMILES string of the molecule is CC(C)(NC(=O)c1ccc(F)cc1)C(=O)Nc1nc(Cc2ccc(Cl)cc2)n(-c2ccccc2)n1. The van der Waals surface area contributed by atoms with Crippen molar-refractivity contribution in [1.82, 2.24) is 20.1 Å². The molecule has 2 amide bonds. The summed E-state index contributed by atoms with van der Waals surface area (Å²) in [6.45, 7) is 3.12. The first-order valence-corrected chi connectivity index (χ1v) is 11.2. The van der Waals surface area contributed by atoms with E-state index in [-0.39, 0.29) is 11.5 Å². The molecule has 35 heavy (non-hydrogen) atoms. The smallest absolute Gasteiger partial charge is 0.252 e. The molecule has 0 saturated carbocycles. The van der Waals surface area contributed by atoms with Crippen molar-refractivity contribution in [3.63, 3.8) is 0 Å². The second kappa shape index (κ2) is 10.1. The quantitative estimate of drug-likeness (QED) is 0.389. The lowest BCUT2D eigenvalue weighted by atomic mass is 10.0. The Morgan fingerprint density at radius 2 is 1.63 bits per heavy atom. The van der Waals surface area contributed by atoms with Crippen LogP contribution in [0.25, 0.3) is 5.69 Å². The zero-order valence-corrected chi connectivity index (χ0v) is 19.9. The second-order valence-electron chi connectivity index (χ2n) is 8.44. The lowest BCUT2D eigenvalue weighted by molar-refractivity contribution is -0.121. The Kier molecular flexibility index (Phi) is 6.93. The van der Waals surface area contributed by atoms with Gasteiger partial charge in [-0.25, -0.2) is 9.07 Å². The van der Waals surface area contributed by atoms with E-state index in [0.717, 1.165) is 11.3 Å². The van der Waals surface area contributed by atoms with Crippen molar-refractivity contribution in [3.8, 4) is 5.69 Å². The number of para-hydroxylation sites is 1. The van der Waals surface area contributed by atoms with E-state index < -0.39 is 23.2 Å². The summed E-state index contributed by atoms with van der Waals surface area (Å²) in [5.41, 5.74) is 0.709. The van der Waals surface area contributed by atoms with Gasteiger partial charge in [-0.2, -0.15) is 4.98 Å². The molecule has 1 aromatic heterocycles. The van der Waals surface area contributed by atoms with Crippen molar-refractivity contribution < 1.29 is 14.0 Å². The summed E-state index contributed by atoms with van der Waals surface area (Å²) in [5, 5.41) is 10.5. The number of amides is 2. The topological polar surface area (TPSA) is 88.9 Å². The number of hydrogen-bond donors (Lipinski definition) is 2. The minimum atomic E-state index is -1.29. The zero-order chi connectivity index (χ0) is 25.0. The molecule has 178 valence electrons. The monoisotopic (exact) mass is 491 g/mol. The van der Waals surface area contributed by atoms with Crippen LogP contribution in [0, 0.1) is 5.82 Å². The van der Waals surface area contributed by atoms with Crippen LogP contribution in [0.15, 0.2) is 78.9 Å². The summed E-state index contributed by atoms with van der Waals surface area (Å²) in [5.74, 6) is -0.741. The summed E-state index contributed by atoms with van der Waals surface area (Å²) >= 11 is 6.00. The van der Waals surface area contributed by atoms with E-state index in [9.17, 15) is 14.0 Å². The Labute approximate surface area is 207 Å². The molecule has 0 saturated heterocycles. The molecular weight excluding hydrogens is 469 g/mol. The molecule has 4 aromatic rings. The van der Waals surface area contributed by atoms with Crippen molar-refractivity contribution in [2.75, 3.05) is 5.32 Å². The Morgan fingerprint density at radius 1 is 0.971 bits per heavy atom. The van der Waals surface area contributed by atoms with Crippen molar-refractivity contribution in [1.29, 1.82) is 0 Å². The summed E-state index contributed by atoms with van der Waals surface area (Å²) in [6, 6.07) is 21.9. The average Bonchev–Trinajstić information content (AvgIpc) is 3.23. The molecule has 2 N–H and O–H groups in total. The number of carbonyl (C=O) groups excluding carboxylic acids is 2. The number of rotatable bonds is 7. The van der Waals surface area contributed by atoms with Gasteiger partial charge in [-0.15, -0.1) is 5.10 Å². The Hall–Kier alpha value is -4.04. The number of halogens is 2. The van der Waals surface area contributed by atoms with Gasteiger partial charge < -0.3 is 5.32 Å². The molecule has 0 aliphatic rings. The first kappa shape index (κ1) is 24.1. The van der Waals surface area contributed by atoms with Gasteiger partial charge in [0, 0.05) is 17.0 Å². The maximum atomic E-state index is 13.2. The Morgan fingerprint density at radius 3 is 2.29 bits per heavy atom. The van der Waals surface area contributed by atoms with Gasteiger partial charge >= 0.3 is 0 Å². The highest BCUT2D eigenvalue weighted by atomic mass is 35.5. The van der Waals surface area contributed by atoms with E-state index >= 15 is 0 Å². The highest BCUT2D eigenvalue weighted by Gasteiger charge is 2.31. The van der Waals surface area contributed by atoms with Crippen LogP contribution in [-0.2, 0) is 11.2 Å². The van der Waals surface area contributed by atoms with Gasteiger partial charge in [0.15, 0.2) is 0 Å². The Balaban J connectivity index is 1.55. The van der Waals surface area contributed by atoms with Gasteiger partial charge in [0.2, 0.25) is 5.95 Å². The minimum Gasteiger partial charge on any atom is -0.338 e. The maximum Gasteiger partial charge on any atom is 0.252 e. The van der Waals surface area contributed by atoms with Crippen molar-refractivity contribution in [3.05, 3.63) is 107 Å². The van der Waals surface area contributed by atoms with Gasteiger partial charge in [-0.3, -0.25) is 14.9 Å². The van der Waals surface area contributed by atoms with Crippen LogP contribution in [0.1, 0.15) is 35.6 Å². The molecule has 9 heteroatoms. The largest absolute Gasteiger partial charge is 0.338 e. The fourth-order valence-corrected chi connectivity index (χ4v) is 3.47. The van der Waals surface area contributed by atoms with E-state index in [2.05, 4.69) is 20.7 Å². The van der Waals surface area contributed by atoms with Gasteiger partial charge in [-0.1, -0.05) is 41.9 Å². The average molecular weight is 492 g/mol. The predicted octanol–water partition coefficient (Wildman–Crippen LogP) is 4.80.